The SMILES string of the molecule is N#CCC1(Cn2nc(C(=O)O)c3ccccc32)CC1. The fourth-order valence-corrected chi connectivity index (χ4v) is 2.46. The summed E-state index contributed by atoms with van der Waals surface area (Å²) >= 11 is 0. The summed E-state index contributed by atoms with van der Waals surface area (Å²) < 4.78 is 1.74. The van der Waals surface area contributed by atoms with Crippen LogP contribution in [-0.2, 0) is 6.54 Å². The minimum atomic E-state index is -1.01. The molecule has 1 N–H and O–H groups in total. The van der Waals surface area contributed by atoms with Crippen molar-refractivity contribution in [3.8, 4) is 6.07 Å². The van der Waals surface area contributed by atoms with Crippen molar-refractivity contribution in [2.45, 2.75) is 25.8 Å². The first-order chi connectivity index (χ1) is 9.15. The number of hydrogen-bond acceptors (Lipinski definition) is 3. The first kappa shape index (κ1) is 11.7. The molecule has 1 saturated carbocycles. The van der Waals surface area contributed by atoms with Gasteiger partial charge in [-0.25, -0.2) is 4.79 Å². The third-order valence-corrected chi connectivity index (χ3v) is 3.76. The van der Waals surface area contributed by atoms with Gasteiger partial charge < -0.3 is 5.11 Å². The predicted octanol–water partition coefficient (Wildman–Crippen LogP) is 2.43. The Hall–Kier alpha value is -2.35. The second-order valence-electron chi connectivity index (χ2n) is 5.16. The van der Waals surface area contributed by atoms with Crippen LogP contribution in [0.25, 0.3) is 10.9 Å². The number of carbonyl (C=O) groups is 1. The molecule has 0 radical (unpaired) electrons. The minimum absolute atomic E-state index is 0.000680. The molecule has 1 fully saturated rings. The largest absolute Gasteiger partial charge is 0.476 e. The maximum absolute atomic E-state index is 11.2. The van der Waals surface area contributed by atoms with E-state index in [1.54, 1.807) is 10.7 Å². The van der Waals surface area contributed by atoms with Crippen LogP contribution < -0.4 is 0 Å². The van der Waals surface area contributed by atoms with Crippen LogP contribution in [0.1, 0.15) is 29.8 Å². The van der Waals surface area contributed by atoms with Crippen molar-refractivity contribution in [1.82, 2.24) is 9.78 Å². The second kappa shape index (κ2) is 4.09. The number of fused-ring (bicyclic) bond motifs is 1. The number of rotatable bonds is 4. The maximum atomic E-state index is 11.2. The van der Waals surface area contributed by atoms with Crippen molar-refractivity contribution in [2.75, 3.05) is 0 Å². The highest BCUT2D eigenvalue weighted by molar-refractivity contribution is 6.01. The number of aromatic nitrogens is 2. The zero-order chi connectivity index (χ0) is 13.5. The maximum Gasteiger partial charge on any atom is 0.357 e. The van der Waals surface area contributed by atoms with E-state index in [0.717, 1.165) is 18.4 Å². The standard InChI is InChI=1S/C14H13N3O2/c15-8-7-14(5-6-14)9-17-11-4-2-1-3-10(11)12(16-17)13(18)19/h1-4H,5-7,9H2,(H,18,19). The highest BCUT2D eigenvalue weighted by Crippen LogP contribution is 2.50. The molecule has 0 amide bonds. The number of nitrogens with zero attached hydrogens (tertiary/aromatic N) is 3. The van der Waals surface area contributed by atoms with E-state index in [2.05, 4.69) is 11.2 Å². The van der Waals surface area contributed by atoms with Crippen LogP contribution in [-0.4, -0.2) is 20.9 Å². The van der Waals surface area contributed by atoms with Crippen LogP contribution in [0.15, 0.2) is 24.3 Å². The van der Waals surface area contributed by atoms with Crippen molar-refractivity contribution in [3.63, 3.8) is 0 Å². The van der Waals surface area contributed by atoms with Gasteiger partial charge in [-0.1, -0.05) is 18.2 Å². The molecule has 0 aliphatic heterocycles. The Labute approximate surface area is 110 Å². The van der Waals surface area contributed by atoms with E-state index in [-0.39, 0.29) is 11.1 Å². The number of para-hydroxylation sites is 1. The topological polar surface area (TPSA) is 78.9 Å². The summed E-state index contributed by atoms with van der Waals surface area (Å²) in [6.45, 7) is 0.619. The molecule has 2 aromatic rings. The number of hydrogen-bond donors (Lipinski definition) is 1. The Kier molecular flexibility index (Phi) is 2.53. The van der Waals surface area contributed by atoms with Gasteiger partial charge in [-0.05, 0) is 18.9 Å². The first-order valence-corrected chi connectivity index (χ1v) is 6.21. The first-order valence-electron chi connectivity index (χ1n) is 6.21. The average molecular weight is 255 g/mol. The van der Waals surface area contributed by atoms with Crippen LogP contribution in [0.5, 0.6) is 0 Å². The van der Waals surface area contributed by atoms with Gasteiger partial charge in [-0.15, -0.1) is 0 Å². The van der Waals surface area contributed by atoms with Gasteiger partial charge in [0, 0.05) is 23.8 Å². The van der Waals surface area contributed by atoms with Crippen LogP contribution in [0.4, 0.5) is 0 Å². The van der Waals surface area contributed by atoms with Crippen molar-refractivity contribution < 1.29 is 9.90 Å². The Morgan fingerprint density at radius 2 is 2.21 bits per heavy atom. The summed E-state index contributed by atoms with van der Waals surface area (Å²) in [5.74, 6) is -1.01. The number of aromatic carboxylic acids is 1. The summed E-state index contributed by atoms with van der Waals surface area (Å²) in [5.41, 5.74) is 0.909. The van der Waals surface area contributed by atoms with Gasteiger partial charge in [0.25, 0.3) is 0 Å². The molecule has 96 valence electrons. The Balaban J connectivity index is 2.05. The van der Waals surface area contributed by atoms with Gasteiger partial charge in [-0.2, -0.15) is 10.4 Å². The van der Waals surface area contributed by atoms with Crippen molar-refractivity contribution in [3.05, 3.63) is 30.0 Å². The molecule has 0 saturated heterocycles. The predicted molar refractivity (Wildman–Crippen MR) is 68.6 cm³/mol. The summed E-state index contributed by atoms with van der Waals surface area (Å²) in [7, 11) is 0. The van der Waals surface area contributed by atoms with E-state index in [9.17, 15) is 9.90 Å². The molecular weight excluding hydrogens is 242 g/mol. The molecule has 5 heteroatoms. The summed E-state index contributed by atoms with van der Waals surface area (Å²) in [6.07, 6.45) is 2.53. The van der Waals surface area contributed by atoms with Crippen LogP contribution in [0.3, 0.4) is 0 Å². The zero-order valence-electron chi connectivity index (χ0n) is 10.3. The minimum Gasteiger partial charge on any atom is -0.476 e. The van der Waals surface area contributed by atoms with Gasteiger partial charge in [0.05, 0.1) is 11.6 Å². The van der Waals surface area contributed by atoms with Gasteiger partial charge in [-0.3, -0.25) is 4.68 Å². The average Bonchev–Trinajstić information content (AvgIpc) is 3.04. The molecule has 1 aromatic heterocycles. The lowest BCUT2D eigenvalue weighted by atomic mass is 10.0. The zero-order valence-corrected chi connectivity index (χ0v) is 10.3. The Morgan fingerprint density at radius 1 is 1.47 bits per heavy atom. The molecule has 0 unspecified atom stereocenters. The molecule has 19 heavy (non-hydrogen) atoms. The Bertz CT molecular complexity index is 692. The Morgan fingerprint density at radius 3 is 2.84 bits per heavy atom. The lowest BCUT2D eigenvalue weighted by Crippen LogP contribution is -2.13. The summed E-state index contributed by atoms with van der Waals surface area (Å²) in [6, 6.07) is 9.53. The van der Waals surface area contributed by atoms with E-state index in [4.69, 9.17) is 5.26 Å². The third kappa shape index (κ3) is 1.95. The van der Waals surface area contributed by atoms with E-state index in [1.807, 2.05) is 18.2 Å². The van der Waals surface area contributed by atoms with Crippen molar-refractivity contribution >= 4 is 16.9 Å². The molecule has 1 heterocycles. The molecule has 0 atom stereocenters. The molecule has 5 nitrogen and oxygen atoms in total. The van der Waals surface area contributed by atoms with Gasteiger partial charge in [0.1, 0.15) is 0 Å². The highest BCUT2D eigenvalue weighted by atomic mass is 16.4. The molecule has 1 aromatic carbocycles. The van der Waals surface area contributed by atoms with E-state index in [0.29, 0.717) is 18.4 Å². The normalized spacial score (nSPS) is 16.2. The van der Waals surface area contributed by atoms with E-state index < -0.39 is 5.97 Å². The van der Waals surface area contributed by atoms with Crippen molar-refractivity contribution in [2.24, 2.45) is 5.41 Å². The lowest BCUT2D eigenvalue weighted by Gasteiger charge is -2.11. The summed E-state index contributed by atoms with van der Waals surface area (Å²) in [4.78, 5) is 11.2. The van der Waals surface area contributed by atoms with Crippen LogP contribution in [0, 0.1) is 16.7 Å². The molecule has 0 spiro atoms. The monoisotopic (exact) mass is 255 g/mol. The lowest BCUT2D eigenvalue weighted by molar-refractivity contribution is 0.0691. The molecule has 0 bridgehead atoms. The second-order valence-corrected chi connectivity index (χ2v) is 5.16. The molecule has 3 rings (SSSR count). The van der Waals surface area contributed by atoms with E-state index >= 15 is 0 Å². The fourth-order valence-electron chi connectivity index (χ4n) is 2.46. The molecule has 1 aliphatic carbocycles. The number of benzene rings is 1. The van der Waals surface area contributed by atoms with Crippen LogP contribution in [0.2, 0.25) is 0 Å². The quantitative estimate of drug-likeness (QED) is 0.909. The number of nitriles is 1. The number of carboxylic acid groups (broad SMARTS) is 1. The smallest absolute Gasteiger partial charge is 0.357 e. The molecular formula is C14H13N3O2. The number of carboxylic acids is 1. The highest BCUT2D eigenvalue weighted by Gasteiger charge is 2.43. The van der Waals surface area contributed by atoms with Gasteiger partial charge >= 0.3 is 5.97 Å². The molecule has 1 aliphatic rings. The van der Waals surface area contributed by atoms with E-state index in [1.165, 1.54) is 0 Å². The fraction of sp³-hybridized carbons (Fsp3) is 0.357. The van der Waals surface area contributed by atoms with Crippen LogP contribution >= 0.6 is 0 Å². The third-order valence-electron chi connectivity index (χ3n) is 3.76. The summed E-state index contributed by atoms with van der Waals surface area (Å²) in [5, 5.41) is 22.9. The van der Waals surface area contributed by atoms with Gasteiger partial charge in [0.2, 0.25) is 0 Å². The van der Waals surface area contributed by atoms with Crippen molar-refractivity contribution in [1.29, 1.82) is 5.26 Å². The van der Waals surface area contributed by atoms with Gasteiger partial charge in [0.15, 0.2) is 5.69 Å².